The van der Waals surface area contributed by atoms with Crippen LogP contribution in [-0.4, -0.2) is 27.6 Å². The number of aliphatic imine (C=N–C) groups is 1. The Morgan fingerprint density at radius 2 is 1.97 bits per heavy atom. The number of carbonyl (C=O) groups is 1. The first-order chi connectivity index (χ1) is 14.3. The van der Waals surface area contributed by atoms with Gasteiger partial charge >= 0.3 is 5.97 Å². The topological polar surface area (TPSA) is 102 Å². The maximum Gasteiger partial charge on any atom is 0.344 e. The number of rotatable bonds is 5. The number of non-ortho nitro benzene ring substituents is 1. The zero-order valence-corrected chi connectivity index (χ0v) is 17.8. The molecule has 0 aromatic heterocycles. The highest BCUT2D eigenvalue weighted by molar-refractivity contribution is 8.18. The van der Waals surface area contributed by atoms with Gasteiger partial charge in [0, 0.05) is 17.2 Å². The number of nitro benzene ring substituents is 1. The van der Waals surface area contributed by atoms with Crippen LogP contribution < -0.4 is 0 Å². The number of benzene rings is 2. The van der Waals surface area contributed by atoms with Crippen molar-refractivity contribution in [3.05, 3.63) is 84.4 Å². The van der Waals surface area contributed by atoms with Crippen molar-refractivity contribution in [1.29, 1.82) is 0 Å². The van der Waals surface area contributed by atoms with Crippen LogP contribution in [0.4, 0.5) is 11.4 Å². The molecule has 0 unspecified atom stereocenters. The molecule has 0 radical (unpaired) electrons. The van der Waals surface area contributed by atoms with Crippen LogP contribution in [0.5, 0.6) is 0 Å². The minimum Gasteiger partial charge on any atom is -0.506 e. The van der Waals surface area contributed by atoms with Crippen molar-refractivity contribution >= 4 is 63.4 Å². The smallest absolute Gasteiger partial charge is 0.344 e. The van der Waals surface area contributed by atoms with E-state index in [1.165, 1.54) is 30.3 Å². The molecule has 0 aliphatic carbocycles. The Morgan fingerprint density at radius 3 is 2.57 bits per heavy atom. The van der Waals surface area contributed by atoms with Crippen LogP contribution >= 0.6 is 35.0 Å². The molecule has 2 aromatic carbocycles. The highest BCUT2D eigenvalue weighted by Gasteiger charge is 2.33. The second-order valence-electron chi connectivity index (χ2n) is 5.92. The molecular weight excluding hydrogens is 451 g/mol. The van der Waals surface area contributed by atoms with E-state index in [9.17, 15) is 20.0 Å². The van der Waals surface area contributed by atoms with Crippen LogP contribution in [-0.2, 0) is 9.53 Å². The largest absolute Gasteiger partial charge is 0.506 e. The van der Waals surface area contributed by atoms with E-state index in [2.05, 4.69) is 4.99 Å². The summed E-state index contributed by atoms with van der Waals surface area (Å²) in [4.78, 5) is 27.5. The lowest BCUT2D eigenvalue weighted by molar-refractivity contribution is -0.384. The normalized spacial score (nSPS) is 16.4. The standard InChI is InChI=1S/C20H14Cl2N2O5S/c1-2-29-20(26)17-18(25)16(9-11-3-6-13(7-4-11)24(27)28)30-19(17)23-15-8-5-12(21)10-14(15)22/h3-10,25H,2H2,1H3. The van der Waals surface area contributed by atoms with E-state index in [1.54, 1.807) is 25.1 Å². The Morgan fingerprint density at radius 1 is 1.27 bits per heavy atom. The van der Waals surface area contributed by atoms with Crippen LogP contribution in [0, 0.1) is 10.1 Å². The van der Waals surface area contributed by atoms with Gasteiger partial charge in [0.2, 0.25) is 0 Å². The molecule has 1 aliphatic rings. The molecule has 0 fully saturated rings. The van der Waals surface area contributed by atoms with Crippen molar-refractivity contribution in [3.8, 4) is 0 Å². The molecule has 154 valence electrons. The molecule has 0 spiro atoms. The van der Waals surface area contributed by atoms with E-state index in [0.29, 0.717) is 21.2 Å². The van der Waals surface area contributed by atoms with E-state index in [4.69, 9.17) is 27.9 Å². The summed E-state index contributed by atoms with van der Waals surface area (Å²) in [6.07, 6.45) is 1.59. The van der Waals surface area contributed by atoms with Crippen molar-refractivity contribution in [2.75, 3.05) is 6.61 Å². The number of aliphatic hydroxyl groups excluding tert-OH is 1. The third-order valence-corrected chi connectivity index (χ3v) is 5.46. The molecule has 30 heavy (non-hydrogen) atoms. The number of nitrogens with zero attached hydrogens (tertiary/aromatic N) is 2. The third kappa shape index (κ3) is 4.84. The lowest BCUT2D eigenvalue weighted by Gasteiger charge is -2.05. The number of aliphatic hydroxyl groups is 1. The number of nitro groups is 1. The number of carbonyl (C=O) groups excluding carboxylic acids is 1. The number of thioether (sulfide) groups is 1. The molecular formula is C20H14Cl2N2O5S. The summed E-state index contributed by atoms with van der Waals surface area (Å²) in [5.74, 6) is -1.01. The van der Waals surface area contributed by atoms with E-state index in [1.807, 2.05) is 0 Å². The van der Waals surface area contributed by atoms with Gasteiger partial charge in [-0.15, -0.1) is 0 Å². The van der Waals surface area contributed by atoms with Gasteiger partial charge < -0.3 is 9.84 Å². The molecule has 0 saturated carbocycles. The summed E-state index contributed by atoms with van der Waals surface area (Å²) < 4.78 is 5.05. The van der Waals surface area contributed by atoms with Gasteiger partial charge in [-0.05, 0) is 48.9 Å². The second kappa shape index (κ2) is 9.34. The van der Waals surface area contributed by atoms with E-state index < -0.39 is 10.9 Å². The number of hydrogen-bond acceptors (Lipinski definition) is 7. The van der Waals surface area contributed by atoms with Crippen molar-refractivity contribution < 1.29 is 19.6 Å². The number of hydrogen-bond donors (Lipinski definition) is 1. The predicted octanol–water partition coefficient (Wildman–Crippen LogP) is 6.09. The quantitative estimate of drug-likeness (QED) is 0.326. The fourth-order valence-electron chi connectivity index (χ4n) is 2.52. The van der Waals surface area contributed by atoms with Crippen molar-refractivity contribution in [2.45, 2.75) is 6.92 Å². The minimum absolute atomic E-state index is 0.0529. The van der Waals surface area contributed by atoms with Gasteiger partial charge in [-0.3, -0.25) is 10.1 Å². The summed E-state index contributed by atoms with van der Waals surface area (Å²) in [6, 6.07) is 10.5. The molecule has 10 heteroatoms. The van der Waals surface area contributed by atoms with Crippen LogP contribution in [0.1, 0.15) is 12.5 Å². The van der Waals surface area contributed by atoms with Gasteiger partial charge in [-0.1, -0.05) is 35.0 Å². The molecule has 3 rings (SSSR count). The first-order valence-corrected chi connectivity index (χ1v) is 10.2. The lowest BCUT2D eigenvalue weighted by Crippen LogP contribution is -2.12. The van der Waals surface area contributed by atoms with Gasteiger partial charge in [0.1, 0.15) is 16.4 Å². The van der Waals surface area contributed by atoms with E-state index >= 15 is 0 Å². The molecule has 2 aromatic rings. The number of ether oxygens (including phenoxy) is 1. The first kappa shape index (κ1) is 21.9. The molecule has 1 heterocycles. The fourth-order valence-corrected chi connectivity index (χ4v) is 4.00. The molecule has 0 atom stereocenters. The monoisotopic (exact) mass is 464 g/mol. The Bertz CT molecular complexity index is 1110. The van der Waals surface area contributed by atoms with Gasteiger partial charge in [0.25, 0.3) is 5.69 Å². The summed E-state index contributed by atoms with van der Waals surface area (Å²) in [6.45, 7) is 1.77. The zero-order valence-electron chi connectivity index (χ0n) is 15.5. The SMILES string of the molecule is CCOC(=O)C1=C(O)C(=Cc2ccc([N+](=O)[O-])cc2)SC1=Nc1ccc(Cl)cc1Cl. The molecule has 0 bridgehead atoms. The number of halogens is 2. The summed E-state index contributed by atoms with van der Waals surface area (Å²) >= 11 is 13.1. The van der Waals surface area contributed by atoms with Gasteiger partial charge in [-0.2, -0.15) is 0 Å². The zero-order chi connectivity index (χ0) is 21.8. The lowest BCUT2D eigenvalue weighted by atomic mass is 10.1. The predicted molar refractivity (Wildman–Crippen MR) is 119 cm³/mol. The Labute approximate surface area is 185 Å². The Kier molecular flexibility index (Phi) is 6.81. The van der Waals surface area contributed by atoms with Gasteiger partial charge in [0.15, 0.2) is 0 Å². The average Bonchev–Trinajstić information content (AvgIpc) is 2.99. The summed E-state index contributed by atoms with van der Waals surface area (Å²) in [7, 11) is 0. The Hall–Kier alpha value is -2.81. The van der Waals surface area contributed by atoms with E-state index in [0.717, 1.165) is 11.8 Å². The van der Waals surface area contributed by atoms with Crippen LogP contribution in [0.3, 0.4) is 0 Å². The maximum atomic E-state index is 12.4. The third-order valence-electron chi connectivity index (χ3n) is 3.90. The average molecular weight is 465 g/mol. The first-order valence-electron chi connectivity index (χ1n) is 8.59. The van der Waals surface area contributed by atoms with Gasteiger partial charge in [-0.25, -0.2) is 9.79 Å². The maximum absolute atomic E-state index is 12.4. The van der Waals surface area contributed by atoms with Gasteiger partial charge in [0.05, 0.1) is 27.1 Å². The van der Waals surface area contributed by atoms with E-state index in [-0.39, 0.29) is 33.7 Å². The molecule has 0 saturated heterocycles. The highest BCUT2D eigenvalue weighted by Crippen LogP contribution is 2.41. The summed E-state index contributed by atoms with van der Waals surface area (Å²) in [5, 5.41) is 22.4. The highest BCUT2D eigenvalue weighted by atomic mass is 35.5. The number of esters is 1. The molecule has 1 aliphatic heterocycles. The van der Waals surface area contributed by atoms with Crippen LogP contribution in [0.25, 0.3) is 6.08 Å². The summed E-state index contributed by atoms with van der Waals surface area (Å²) in [5.41, 5.74) is 0.835. The Balaban J connectivity index is 2.03. The molecule has 7 nitrogen and oxygen atoms in total. The van der Waals surface area contributed by atoms with Crippen molar-refractivity contribution in [2.24, 2.45) is 4.99 Å². The minimum atomic E-state index is -0.724. The molecule has 0 amide bonds. The van der Waals surface area contributed by atoms with Crippen LogP contribution in [0.2, 0.25) is 10.0 Å². The van der Waals surface area contributed by atoms with Crippen molar-refractivity contribution in [3.63, 3.8) is 0 Å². The molecule has 1 N–H and O–H groups in total. The van der Waals surface area contributed by atoms with Crippen LogP contribution in [0.15, 0.2) is 63.7 Å². The van der Waals surface area contributed by atoms with Crippen molar-refractivity contribution in [1.82, 2.24) is 0 Å². The second-order valence-corrected chi connectivity index (χ2v) is 7.79. The fraction of sp³-hybridized carbons (Fsp3) is 0.100.